The van der Waals surface area contributed by atoms with E-state index in [0.29, 0.717) is 17.4 Å². The van der Waals surface area contributed by atoms with E-state index in [1.807, 2.05) is 30.3 Å². The van der Waals surface area contributed by atoms with Gasteiger partial charge in [-0.25, -0.2) is 0 Å². The molecule has 2 aromatic rings. The van der Waals surface area contributed by atoms with Crippen molar-refractivity contribution in [3.8, 4) is 17.2 Å². The minimum Gasteiger partial charge on any atom is -0.497 e. The number of benzene rings is 2. The third kappa shape index (κ3) is 2.62. The maximum absolute atomic E-state index is 6.05. The summed E-state index contributed by atoms with van der Waals surface area (Å²) in [7, 11) is 1.63. The highest BCUT2D eigenvalue weighted by molar-refractivity contribution is 6.30. The van der Waals surface area contributed by atoms with Crippen LogP contribution in [0.25, 0.3) is 0 Å². The number of halogens is 1. The Kier molecular flexibility index (Phi) is 3.86. The molecule has 0 bridgehead atoms. The van der Waals surface area contributed by atoms with Crippen molar-refractivity contribution in [1.29, 1.82) is 0 Å². The molecule has 1 heterocycles. The standard InChI is InChI=1S/C17H15ClO3/c1-3-8-20-17-13-6-4-11(18)9-15(13)21-16-10-12(19-2)5-7-14(16)17/h3-7,9-10,17H,1,8H2,2H3. The zero-order valence-corrected chi connectivity index (χ0v) is 12.4. The Bertz CT molecular complexity index is 682. The van der Waals surface area contributed by atoms with E-state index in [1.165, 1.54) is 0 Å². The lowest BCUT2D eigenvalue weighted by Crippen LogP contribution is -2.13. The Morgan fingerprint density at radius 1 is 1.19 bits per heavy atom. The fraction of sp³-hybridized carbons (Fsp3) is 0.176. The maximum atomic E-state index is 6.05. The van der Waals surface area contributed by atoms with Crippen LogP contribution in [-0.4, -0.2) is 13.7 Å². The highest BCUT2D eigenvalue weighted by Crippen LogP contribution is 2.46. The minimum atomic E-state index is -0.204. The van der Waals surface area contributed by atoms with Gasteiger partial charge in [0.1, 0.15) is 23.4 Å². The second kappa shape index (κ2) is 5.80. The predicted molar refractivity (Wildman–Crippen MR) is 82.5 cm³/mol. The van der Waals surface area contributed by atoms with E-state index in [4.69, 9.17) is 25.8 Å². The summed E-state index contributed by atoms with van der Waals surface area (Å²) in [4.78, 5) is 0. The van der Waals surface area contributed by atoms with Crippen LogP contribution in [0.15, 0.2) is 49.1 Å². The topological polar surface area (TPSA) is 27.7 Å². The lowest BCUT2D eigenvalue weighted by Gasteiger charge is -2.28. The van der Waals surface area contributed by atoms with Crippen molar-refractivity contribution < 1.29 is 14.2 Å². The van der Waals surface area contributed by atoms with Crippen LogP contribution in [0.1, 0.15) is 17.2 Å². The van der Waals surface area contributed by atoms with Crippen molar-refractivity contribution >= 4 is 11.6 Å². The smallest absolute Gasteiger partial charge is 0.137 e. The van der Waals surface area contributed by atoms with Gasteiger partial charge in [-0.3, -0.25) is 0 Å². The molecular weight excluding hydrogens is 288 g/mol. The van der Waals surface area contributed by atoms with Crippen LogP contribution in [0.3, 0.4) is 0 Å². The van der Waals surface area contributed by atoms with Gasteiger partial charge in [-0.15, -0.1) is 6.58 Å². The molecule has 0 fully saturated rings. The van der Waals surface area contributed by atoms with Crippen molar-refractivity contribution in [1.82, 2.24) is 0 Å². The molecule has 0 saturated carbocycles. The fourth-order valence-electron chi connectivity index (χ4n) is 2.39. The maximum Gasteiger partial charge on any atom is 0.137 e. The molecular formula is C17H15ClO3. The molecule has 0 spiro atoms. The van der Waals surface area contributed by atoms with E-state index in [0.717, 1.165) is 22.6 Å². The van der Waals surface area contributed by atoms with Gasteiger partial charge in [-0.05, 0) is 24.3 Å². The molecule has 0 radical (unpaired) electrons. The number of ether oxygens (including phenoxy) is 3. The summed E-state index contributed by atoms with van der Waals surface area (Å²) in [5.41, 5.74) is 1.92. The lowest BCUT2D eigenvalue weighted by atomic mass is 9.97. The average molecular weight is 303 g/mol. The summed E-state index contributed by atoms with van der Waals surface area (Å²) in [5, 5.41) is 0.627. The van der Waals surface area contributed by atoms with Gasteiger partial charge in [-0.2, -0.15) is 0 Å². The van der Waals surface area contributed by atoms with Crippen molar-refractivity contribution in [2.24, 2.45) is 0 Å². The number of hydrogen-bond acceptors (Lipinski definition) is 3. The van der Waals surface area contributed by atoms with E-state index in [2.05, 4.69) is 6.58 Å². The molecule has 0 saturated heterocycles. The van der Waals surface area contributed by atoms with Gasteiger partial charge in [0.15, 0.2) is 0 Å². The Balaban J connectivity index is 2.09. The lowest BCUT2D eigenvalue weighted by molar-refractivity contribution is 0.0961. The highest BCUT2D eigenvalue weighted by atomic mass is 35.5. The molecule has 1 unspecified atom stereocenters. The van der Waals surface area contributed by atoms with Crippen molar-refractivity contribution in [3.05, 3.63) is 65.2 Å². The first-order chi connectivity index (χ1) is 10.2. The van der Waals surface area contributed by atoms with Crippen LogP contribution in [0.4, 0.5) is 0 Å². The zero-order valence-electron chi connectivity index (χ0n) is 11.6. The fourth-order valence-corrected chi connectivity index (χ4v) is 2.55. The van der Waals surface area contributed by atoms with E-state index < -0.39 is 0 Å². The van der Waals surface area contributed by atoms with Gasteiger partial charge in [0.05, 0.1) is 13.7 Å². The van der Waals surface area contributed by atoms with Crippen LogP contribution >= 0.6 is 11.6 Å². The quantitative estimate of drug-likeness (QED) is 0.763. The molecule has 1 aliphatic heterocycles. The Labute approximate surface area is 128 Å². The number of rotatable bonds is 4. The van der Waals surface area contributed by atoms with Crippen LogP contribution in [-0.2, 0) is 4.74 Å². The third-order valence-corrected chi connectivity index (χ3v) is 3.60. The van der Waals surface area contributed by atoms with Gasteiger partial charge in [0.2, 0.25) is 0 Å². The second-order valence-corrected chi connectivity index (χ2v) is 5.13. The van der Waals surface area contributed by atoms with Gasteiger partial charge in [-0.1, -0.05) is 23.7 Å². The number of fused-ring (bicyclic) bond motifs is 2. The molecule has 2 aromatic carbocycles. The normalized spacial score (nSPS) is 15.6. The Hall–Kier alpha value is -1.97. The van der Waals surface area contributed by atoms with Crippen LogP contribution < -0.4 is 9.47 Å². The minimum absolute atomic E-state index is 0.204. The SMILES string of the molecule is C=CCOC1c2ccc(Cl)cc2Oc2cc(OC)ccc21. The number of hydrogen-bond donors (Lipinski definition) is 0. The third-order valence-electron chi connectivity index (χ3n) is 3.36. The van der Waals surface area contributed by atoms with E-state index >= 15 is 0 Å². The average Bonchev–Trinajstić information content (AvgIpc) is 2.50. The monoisotopic (exact) mass is 302 g/mol. The van der Waals surface area contributed by atoms with Crippen LogP contribution in [0.5, 0.6) is 17.2 Å². The van der Waals surface area contributed by atoms with E-state index in [-0.39, 0.29) is 6.10 Å². The van der Waals surface area contributed by atoms with E-state index in [9.17, 15) is 0 Å². The highest BCUT2D eigenvalue weighted by Gasteiger charge is 2.28. The Morgan fingerprint density at radius 2 is 1.90 bits per heavy atom. The van der Waals surface area contributed by atoms with Gasteiger partial charge >= 0.3 is 0 Å². The summed E-state index contributed by atoms with van der Waals surface area (Å²) in [6.45, 7) is 4.16. The summed E-state index contributed by atoms with van der Waals surface area (Å²) in [6, 6.07) is 11.3. The largest absolute Gasteiger partial charge is 0.497 e. The molecule has 108 valence electrons. The summed E-state index contributed by atoms with van der Waals surface area (Å²) >= 11 is 6.05. The molecule has 0 N–H and O–H groups in total. The molecule has 21 heavy (non-hydrogen) atoms. The first-order valence-corrected chi connectivity index (χ1v) is 6.98. The van der Waals surface area contributed by atoms with Crippen LogP contribution in [0.2, 0.25) is 5.02 Å². The zero-order chi connectivity index (χ0) is 14.8. The van der Waals surface area contributed by atoms with Crippen molar-refractivity contribution in [2.45, 2.75) is 6.10 Å². The molecule has 0 aromatic heterocycles. The molecule has 0 amide bonds. The first kappa shape index (κ1) is 14.0. The summed E-state index contributed by atoms with van der Waals surface area (Å²) in [5.74, 6) is 2.16. The van der Waals surface area contributed by atoms with Gasteiger partial charge < -0.3 is 14.2 Å². The summed E-state index contributed by atoms with van der Waals surface area (Å²) < 4.78 is 17.1. The second-order valence-electron chi connectivity index (χ2n) is 4.69. The van der Waals surface area contributed by atoms with E-state index in [1.54, 1.807) is 19.3 Å². The predicted octanol–water partition coefficient (Wildman–Crippen LogP) is 4.75. The van der Waals surface area contributed by atoms with Gasteiger partial charge in [0.25, 0.3) is 0 Å². The molecule has 1 aliphatic rings. The van der Waals surface area contributed by atoms with Crippen LogP contribution in [0, 0.1) is 0 Å². The van der Waals surface area contributed by atoms with Gasteiger partial charge in [0, 0.05) is 22.2 Å². The Morgan fingerprint density at radius 3 is 2.62 bits per heavy atom. The molecule has 0 aliphatic carbocycles. The molecule has 3 rings (SSSR count). The molecule has 1 atom stereocenters. The first-order valence-electron chi connectivity index (χ1n) is 6.60. The summed E-state index contributed by atoms with van der Waals surface area (Å²) in [6.07, 6.45) is 1.53. The molecule has 4 heteroatoms. The van der Waals surface area contributed by atoms with Crippen molar-refractivity contribution in [2.75, 3.05) is 13.7 Å². The number of methoxy groups -OCH3 is 1. The van der Waals surface area contributed by atoms with Crippen molar-refractivity contribution in [3.63, 3.8) is 0 Å². The molecule has 3 nitrogen and oxygen atoms in total.